The molecule has 0 aliphatic rings. The fraction of sp³-hybridized carbons (Fsp3) is 0.263. The lowest BCUT2D eigenvalue weighted by Gasteiger charge is -2.19. The number of primary amides is 1. The predicted octanol–water partition coefficient (Wildman–Crippen LogP) is 2.14. The van der Waals surface area contributed by atoms with Gasteiger partial charge in [0, 0.05) is 19.7 Å². The number of rotatable bonds is 7. The molecule has 0 aliphatic heterocycles. The van der Waals surface area contributed by atoms with Gasteiger partial charge in [-0.05, 0) is 30.2 Å². The number of carbonyl (C=O) groups excluding carboxylic acids is 2. The van der Waals surface area contributed by atoms with Crippen LogP contribution in [0.25, 0.3) is 0 Å². The van der Waals surface area contributed by atoms with Crippen molar-refractivity contribution in [2.75, 3.05) is 20.8 Å². The lowest BCUT2D eigenvalue weighted by atomic mass is 10.1. The molecule has 132 valence electrons. The molecule has 2 rings (SSSR count). The molecule has 0 spiro atoms. The fourth-order valence-corrected chi connectivity index (χ4v) is 2.33. The summed E-state index contributed by atoms with van der Waals surface area (Å²) in [6.45, 7) is 2.28. The molecule has 0 unspecified atom stereocenters. The van der Waals surface area contributed by atoms with Crippen LogP contribution >= 0.6 is 0 Å². The van der Waals surface area contributed by atoms with E-state index < -0.39 is 5.91 Å². The Morgan fingerprint density at radius 1 is 1.16 bits per heavy atom. The van der Waals surface area contributed by atoms with Crippen LogP contribution in [0.15, 0.2) is 42.5 Å². The lowest BCUT2D eigenvalue weighted by molar-refractivity contribution is -0.132. The Kier molecular flexibility index (Phi) is 6.00. The first-order valence-corrected chi connectivity index (χ1v) is 7.81. The van der Waals surface area contributed by atoms with Gasteiger partial charge in [-0.15, -0.1) is 0 Å². The summed E-state index contributed by atoms with van der Waals surface area (Å²) in [6.07, 6.45) is 0. The third-order valence-electron chi connectivity index (χ3n) is 3.90. The van der Waals surface area contributed by atoms with Gasteiger partial charge in [-0.1, -0.05) is 24.3 Å². The van der Waals surface area contributed by atoms with Crippen molar-refractivity contribution in [3.63, 3.8) is 0 Å². The Bertz CT molecular complexity index is 774. The lowest BCUT2D eigenvalue weighted by Crippen LogP contribution is -2.31. The molecule has 0 saturated heterocycles. The van der Waals surface area contributed by atoms with Gasteiger partial charge < -0.3 is 20.1 Å². The van der Waals surface area contributed by atoms with Gasteiger partial charge in [0.15, 0.2) is 6.61 Å². The van der Waals surface area contributed by atoms with Crippen molar-refractivity contribution in [2.24, 2.45) is 5.73 Å². The second-order valence-corrected chi connectivity index (χ2v) is 5.69. The third-order valence-corrected chi connectivity index (χ3v) is 3.90. The molecule has 0 aliphatic carbocycles. The molecule has 2 aromatic rings. The van der Waals surface area contributed by atoms with Crippen LogP contribution in [0.2, 0.25) is 0 Å². The zero-order valence-corrected chi connectivity index (χ0v) is 14.6. The van der Waals surface area contributed by atoms with Crippen LogP contribution in [0, 0.1) is 6.92 Å². The summed E-state index contributed by atoms with van der Waals surface area (Å²) in [4.78, 5) is 25.4. The van der Waals surface area contributed by atoms with E-state index >= 15 is 0 Å². The number of amides is 2. The number of hydrogen-bond acceptors (Lipinski definition) is 4. The highest BCUT2D eigenvalue weighted by atomic mass is 16.5. The Morgan fingerprint density at radius 3 is 2.52 bits per heavy atom. The largest absolute Gasteiger partial charge is 0.497 e. The number of carbonyl (C=O) groups is 2. The summed E-state index contributed by atoms with van der Waals surface area (Å²) in [5.74, 6) is -0.0925. The Morgan fingerprint density at radius 2 is 1.88 bits per heavy atom. The minimum atomic E-state index is -0.627. The van der Waals surface area contributed by atoms with Gasteiger partial charge in [0.25, 0.3) is 11.8 Å². The first-order valence-electron chi connectivity index (χ1n) is 7.81. The van der Waals surface area contributed by atoms with E-state index in [-0.39, 0.29) is 23.8 Å². The number of methoxy groups -OCH3 is 1. The van der Waals surface area contributed by atoms with E-state index in [1.807, 2.05) is 31.2 Å². The molecule has 6 heteroatoms. The normalized spacial score (nSPS) is 10.2. The molecule has 0 bridgehead atoms. The molecular weight excluding hydrogens is 320 g/mol. The summed E-state index contributed by atoms with van der Waals surface area (Å²) in [7, 11) is 3.21. The molecule has 0 radical (unpaired) electrons. The summed E-state index contributed by atoms with van der Waals surface area (Å²) in [6, 6.07) is 12.5. The number of aryl methyl sites for hydroxylation is 1. The van der Waals surface area contributed by atoms with Crippen molar-refractivity contribution >= 4 is 11.8 Å². The minimum absolute atomic E-state index is 0.199. The molecule has 25 heavy (non-hydrogen) atoms. The number of nitrogens with two attached hydrogens (primary N) is 1. The summed E-state index contributed by atoms with van der Waals surface area (Å²) in [5, 5.41) is 0. The molecule has 0 fully saturated rings. The summed E-state index contributed by atoms with van der Waals surface area (Å²) < 4.78 is 10.6. The molecule has 2 N–H and O–H groups in total. The number of nitrogens with zero attached hydrogens (tertiary/aromatic N) is 1. The monoisotopic (exact) mass is 342 g/mol. The predicted molar refractivity (Wildman–Crippen MR) is 94.7 cm³/mol. The van der Waals surface area contributed by atoms with Gasteiger partial charge in [0.1, 0.15) is 11.5 Å². The minimum Gasteiger partial charge on any atom is -0.497 e. The average Bonchev–Trinajstić information content (AvgIpc) is 2.61. The van der Waals surface area contributed by atoms with Crippen molar-refractivity contribution in [1.29, 1.82) is 0 Å². The zero-order chi connectivity index (χ0) is 18.4. The van der Waals surface area contributed by atoms with Gasteiger partial charge in [0.05, 0.1) is 12.7 Å². The van der Waals surface area contributed by atoms with Crippen molar-refractivity contribution in [1.82, 2.24) is 4.90 Å². The van der Waals surface area contributed by atoms with E-state index in [1.165, 1.54) is 19.2 Å². The maximum atomic E-state index is 12.3. The Hall–Kier alpha value is -3.02. The van der Waals surface area contributed by atoms with Crippen molar-refractivity contribution < 1.29 is 19.1 Å². The first kappa shape index (κ1) is 18.3. The standard InChI is InChI=1S/C19H22N2O4/c1-13-6-4-5-7-14(13)11-21(2)18(22)12-25-17-10-15(24-3)8-9-16(17)19(20)23/h4-10H,11-12H2,1-3H3,(H2,20,23). The van der Waals surface area contributed by atoms with Crippen LogP contribution in [0.5, 0.6) is 11.5 Å². The van der Waals surface area contributed by atoms with Crippen molar-refractivity contribution in [3.05, 3.63) is 59.2 Å². The molecule has 2 amide bonds. The van der Waals surface area contributed by atoms with Crippen LogP contribution in [-0.4, -0.2) is 37.5 Å². The molecule has 0 atom stereocenters. The second-order valence-electron chi connectivity index (χ2n) is 5.69. The summed E-state index contributed by atoms with van der Waals surface area (Å²) >= 11 is 0. The van der Waals surface area contributed by atoms with E-state index in [0.717, 1.165) is 11.1 Å². The quantitative estimate of drug-likeness (QED) is 0.836. The van der Waals surface area contributed by atoms with Crippen LogP contribution in [0.3, 0.4) is 0 Å². The van der Waals surface area contributed by atoms with Gasteiger partial charge in [0.2, 0.25) is 0 Å². The van der Waals surface area contributed by atoms with E-state index in [9.17, 15) is 9.59 Å². The van der Waals surface area contributed by atoms with Crippen LogP contribution in [0.4, 0.5) is 0 Å². The maximum Gasteiger partial charge on any atom is 0.260 e. The van der Waals surface area contributed by atoms with Gasteiger partial charge in [-0.2, -0.15) is 0 Å². The van der Waals surface area contributed by atoms with Gasteiger partial charge in [-0.3, -0.25) is 9.59 Å². The maximum absolute atomic E-state index is 12.3. The van der Waals surface area contributed by atoms with Crippen LogP contribution < -0.4 is 15.2 Å². The molecular formula is C19H22N2O4. The highest BCUT2D eigenvalue weighted by Crippen LogP contribution is 2.24. The van der Waals surface area contributed by atoms with E-state index in [0.29, 0.717) is 12.3 Å². The van der Waals surface area contributed by atoms with Crippen LogP contribution in [0.1, 0.15) is 21.5 Å². The number of hydrogen-bond donors (Lipinski definition) is 1. The fourth-order valence-electron chi connectivity index (χ4n) is 2.33. The average molecular weight is 342 g/mol. The van der Waals surface area contributed by atoms with Gasteiger partial charge >= 0.3 is 0 Å². The van der Waals surface area contributed by atoms with E-state index in [4.69, 9.17) is 15.2 Å². The zero-order valence-electron chi connectivity index (χ0n) is 14.6. The van der Waals surface area contributed by atoms with E-state index in [1.54, 1.807) is 18.0 Å². The molecule has 2 aromatic carbocycles. The van der Waals surface area contributed by atoms with E-state index in [2.05, 4.69) is 0 Å². The topological polar surface area (TPSA) is 81.9 Å². The Labute approximate surface area is 147 Å². The number of ether oxygens (including phenoxy) is 2. The van der Waals surface area contributed by atoms with Gasteiger partial charge in [-0.25, -0.2) is 0 Å². The second kappa shape index (κ2) is 8.19. The molecule has 6 nitrogen and oxygen atoms in total. The van der Waals surface area contributed by atoms with Crippen molar-refractivity contribution in [3.8, 4) is 11.5 Å². The smallest absolute Gasteiger partial charge is 0.260 e. The van der Waals surface area contributed by atoms with Crippen LogP contribution in [-0.2, 0) is 11.3 Å². The van der Waals surface area contributed by atoms with Crippen molar-refractivity contribution in [2.45, 2.75) is 13.5 Å². The highest BCUT2D eigenvalue weighted by Gasteiger charge is 2.15. The SMILES string of the molecule is COc1ccc(C(N)=O)c(OCC(=O)N(C)Cc2ccccc2C)c1. The summed E-state index contributed by atoms with van der Waals surface area (Å²) in [5.41, 5.74) is 7.72. The highest BCUT2D eigenvalue weighted by molar-refractivity contribution is 5.96. The number of likely N-dealkylation sites (N-methyl/N-ethyl adjacent to an activating group) is 1. The number of benzene rings is 2. The molecule has 0 aromatic heterocycles. The molecule has 0 heterocycles. The third kappa shape index (κ3) is 4.73. The Balaban J connectivity index is 2.04. The first-order chi connectivity index (χ1) is 11.9. The molecule has 0 saturated carbocycles.